The van der Waals surface area contributed by atoms with Gasteiger partial charge in [-0.05, 0) is 54.0 Å². The number of thioether (sulfide) groups is 1. The molecule has 0 spiro atoms. The van der Waals surface area contributed by atoms with Crippen molar-refractivity contribution in [1.29, 1.82) is 0 Å². The largest absolute Gasteiger partial charge is 0.325 e. The summed E-state index contributed by atoms with van der Waals surface area (Å²) < 4.78 is 1.87. The number of carbonyl (C=O) groups is 1. The van der Waals surface area contributed by atoms with Crippen LogP contribution in [0.15, 0.2) is 35.6 Å². The van der Waals surface area contributed by atoms with E-state index in [4.69, 9.17) is 0 Å². The zero-order valence-electron chi connectivity index (χ0n) is 14.6. The lowest BCUT2D eigenvalue weighted by Crippen LogP contribution is -2.16. The van der Waals surface area contributed by atoms with Gasteiger partial charge in [-0.15, -0.1) is 5.10 Å². The molecule has 0 bridgehead atoms. The van der Waals surface area contributed by atoms with Gasteiger partial charge in [0.05, 0.1) is 23.0 Å². The fourth-order valence-electron chi connectivity index (χ4n) is 3.40. The van der Waals surface area contributed by atoms with Crippen molar-refractivity contribution in [3.8, 4) is 0 Å². The van der Waals surface area contributed by atoms with Crippen LogP contribution in [0, 0.1) is 6.92 Å². The number of hydrogen-bond acceptors (Lipinski definition) is 6. The van der Waals surface area contributed by atoms with Crippen molar-refractivity contribution >= 4 is 34.3 Å². The van der Waals surface area contributed by atoms with E-state index in [1.807, 2.05) is 35.9 Å². The molecule has 0 unspecified atom stereocenters. The lowest BCUT2D eigenvalue weighted by molar-refractivity contribution is -0.113. The number of tetrazole rings is 1. The molecule has 1 amide bonds. The molecule has 0 saturated heterocycles. The minimum atomic E-state index is -0.0787. The number of carbonyl (C=O) groups excluding carboxylic acids is 1. The molecule has 1 aliphatic rings. The third-order valence-corrected chi connectivity index (χ3v) is 5.64. The highest BCUT2D eigenvalue weighted by atomic mass is 32.2. The van der Waals surface area contributed by atoms with E-state index in [0.29, 0.717) is 11.2 Å². The Balaban J connectivity index is 1.44. The average molecular weight is 368 g/mol. The summed E-state index contributed by atoms with van der Waals surface area (Å²) in [5.74, 6) is 0.188. The van der Waals surface area contributed by atoms with Crippen LogP contribution in [0.4, 0.5) is 5.69 Å². The van der Waals surface area contributed by atoms with Crippen LogP contribution in [0.2, 0.25) is 0 Å². The second-order valence-electron chi connectivity index (χ2n) is 6.51. The number of pyridine rings is 1. The molecule has 0 atom stereocenters. The van der Waals surface area contributed by atoms with Gasteiger partial charge in [0, 0.05) is 11.6 Å². The molecule has 8 heteroatoms. The maximum atomic E-state index is 12.4. The van der Waals surface area contributed by atoms with Gasteiger partial charge >= 0.3 is 0 Å². The summed E-state index contributed by atoms with van der Waals surface area (Å²) in [6.45, 7) is 2.01. The molecule has 1 aromatic carbocycles. The van der Waals surface area contributed by atoms with E-state index in [0.717, 1.165) is 35.0 Å². The molecule has 1 saturated carbocycles. The van der Waals surface area contributed by atoms with Gasteiger partial charge in [-0.3, -0.25) is 9.78 Å². The van der Waals surface area contributed by atoms with Gasteiger partial charge in [-0.25, -0.2) is 4.68 Å². The fourth-order valence-corrected chi connectivity index (χ4v) is 4.14. The molecular formula is C18H20N6OS. The monoisotopic (exact) mass is 368 g/mol. The molecule has 4 rings (SSSR count). The van der Waals surface area contributed by atoms with E-state index < -0.39 is 0 Å². The Morgan fingerprint density at radius 1 is 1.31 bits per heavy atom. The number of benzene rings is 1. The number of aromatic nitrogens is 5. The molecule has 134 valence electrons. The van der Waals surface area contributed by atoms with Crippen molar-refractivity contribution in [2.45, 2.75) is 43.8 Å². The summed E-state index contributed by atoms with van der Waals surface area (Å²) in [6.07, 6.45) is 6.40. The Morgan fingerprint density at radius 2 is 2.15 bits per heavy atom. The number of fused-ring (bicyclic) bond motifs is 1. The number of aryl methyl sites for hydroxylation is 1. The number of nitrogens with one attached hydrogen (secondary N) is 1. The molecule has 1 aliphatic carbocycles. The normalized spacial score (nSPS) is 14.8. The lowest BCUT2D eigenvalue weighted by Gasteiger charge is -2.11. The maximum absolute atomic E-state index is 12.4. The van der Waals surface area contributed by atoms with Crippen molar-refractivity contribution in [3.05, 3.63) is 36.0 Å². The first kappa shape index (κ1) is 17.0. The highest BCUT2D eigenvalue weighted by Gasteiger charge is 2.22. The second-order valence-corrected chi connectivity index (χ2v) is 7.45. The minimum absolute atomic E-state index is 0.0787. The minimum Gasteiger partial charge on any atom is -0.325 e. The highest BCUT2D eigenvalue weighted by Crippen LogP contribution is 2.31. The van der Waals surface area contributed by atoms with E-state index in [-0.39, 0.29) is 11.7 Å². The Hall–Kier alpha value is -2.48. The third kappa shape index (κ3) is 3.41. The average Bonchev–Trinajstić information content (AvgIpc) is 3.33. The Labute approximate surface area is 155 Å². The summed E-state index contributed by atoms with van der Waals surface area (Å²) in [7, 11) is 0. The van der Waals surface area contributed by atoms with Gasteiger partial charge < -0.3 is 5.32 Å². The Bertz CT molecular complexity index is 934. The van der Waals surface area contributed by atoms with E-state index in [2.05, 4.69) is 25.8 Å². The van der Waals surface area contributed by atoms with Crippen molar-refractivity contribution in [2.75, 3.05) is 11.1 Å². The summed E-state index contributed by atoms with van der Waals surface area (Å²) in [5, 5.41) is 16.6. The third-order valence-electron chi connectivity index (χ3n) is 4.71. The van der Waals surface area contributed by atoms with E-state index in [1.165, 1.54) is 24.6 Å². The topological polar surface area (TPSA) is 85.6 Å². The van der Waals surface area contributed by atoms with E-state index in [1.54, 1.807) is 6.20 Å². The smallest absolute Gasteiger partial charge is 0.234 e. The van der Waals surface area contributed by atoms with Crippen molar-refractivity contribution < 1.29 is 4.79 Å². The molecule has 0 radical (unpaired) electrons. The molecule has 0 aliphatic heterocycles. The summed E-state index contributed by atoms with van der Waals surface area (Å²) >= 11 is 1.38. The lowest BCUT2D eigenvalue weighted by atomic mass is 10.1. The number of nitrogens with zero attached hydrogens (tertiary/aromatic N) is 5. The van der Waals surface area contributed by atoms with E-state index >= 15 is 0 Å². The Kier molecular flexibility index (Phi) is 4.83. The molecule has 7 nitrogen and oxygen atoms in total. The van der Waals surface area contributed by atoms with Gasteiger partial charge in [0.15, 0.2) is 0 Å². The highest BCUT2D eigenvalue weighted by molar-refractivity contribution is 7.99. The predicted octanol–water partition coefficient (Wildman–Crippen LogP) is 3.38. The van der Waals surface area contributed by atoms with Crippen LogP contribution in [0.5, 0.6) is 0 Å². The van der Waals surface area contributed by atoms with Crippen LogP contribution < -0.4 is 5.32 Å². The molecule has 2 aromatic heterocycles. The van der Waals surface area contributed by atoms with Gasteiger partial charge in [0.25, 0.3) is 0 Å². The van der Waals surface area contributed by atoms with Crippen molar-refractivity contribution in [3.63, 3.8) is 0 Å². The van der Waals surface area contributed by atoms with Crippen LogP contribution in [-0.2, 0) is 4.79 Å². The molecule has 26 heavy (non-hydrogen) atoms. The molecule has 3 aromatic rings. The van der Waals surface area contributed by atoms with Crippen LogP contribution in [0.3, 0.4) is 0 Å². The SMILES string of the molecule is Cc1ccc(NC(=O)CSc2nnnn2C2CCCC2)c2cccnc12. The van der Waals surface area contributed by atoms with E-state index in [9.17, 15) is 4.79 Å². The number of hydrogen-bond donors (Lipinski definition) is 1. The molecule has 2 heterocycles. The summed E-state index contributed by atoms with van der Waals surface area (Å²) in [4.78, 5) is 16.8. The first-order valence-corrected chi connectivity index (χ1v) is 9.76. The predicted molar refractivity (Wildman–Crippen MR) is 101 cm³/mol. The molecule has 1 N–H and O–H groups in total. The maximum Gasteiger partial charge on any atom is 0.234 e. The van der Waals surface area contributed by atoms with Gasteiger partial charge in [-0.1, -0.05) is 30.7 Å². The van der Waals surface area contributed by atoms with Crippen LogP contribution in [-0.4, -0.2) is 36.9 Å². The van der Waals surface area contributed by atoms with Gasteiger partial charge in [0.2, 0.25) is 11.1 Å². The second kappa shape index (κ2) is 7.41. The van der Waals surface area contributed by atoms with Gasteiger partial charge in [0.1, 0.15) is 0 Å². The van der Waals surface area contributed by atoms with Crippen LogP contribution >= 0.6 is 11.8 Å². The van der Waals surface area contributed by atoms with Gasteiger partial charge in [-0.2, -0.15) is 0 Å². The van der Waals surface area contributed by atoms with Crippen LogP contribution in [0.1, 0.15) is 37.3 Å². The number of amides is 1. The molecular weight excluding hydrogens is 348 g/mol. The fraction of sp³-hybridized carbons (Fsp3) is 0.389. The zero-order valence-corrected chi connectivity index (χ0v) is 15.4. The standard InChI is InChI=1S/C18H20N6OS/c1-12-8-9-15(14-7-4-10-19-17(12)14)20-16(25)11-26-18-21-22-23-24(18)13-5-2-3-6-13/h4,7-10,13H,2-3,5-6,11H2,1H3,(H,20,25). The quantitative estimate of drug-likeness (QED) is 0.695. The first-order chi connectivity index (χ1) is 12.7. The van der Waals surface area contributed by atoms with Crippen molar-refractivity contribution in [2.24, 2.45) is 0 Å². The summed E-state index contributed by atoms with van der Waals surface area (Å²) in [5.41, 5.74) is 2.77. The number of rotatable bonds is 5. The zero-order chi connectivity index (χ0) is 17.9. The molecule has 1 fully saturated rings. The summed E-state index contributed by atoms with van der Waals surface area (Å²) in [6, 6.07) is 8.10. The Morgan fingerprint density at radius 3 is 3.00 bits per heavy atom. The van der Waals surface area contributed by atoms with Crippen molar-refractivity contribution in [1.82, 2.24) is 25.2 Å². The first-order valence-electron chi connectivity index (χ1n) is 8.77. The van der Waals surface area contributed by atoms with Crippen LogP contribution in [0.25, 0.3) is 10.9 Å². The number of anilines is 1.